The van der Waals surface area contributed by atoms with Gasteiger partial charge in [0, 0.05) is 31.0 Å². The predicted molar refractivity (Wildman–Crippen MR) is 92.2 cm³/mol. The fourth-order valence-corrected chi connectivity index (χ4v) is 3.82. The molecule has 26 heavy (non-hydrogen) atoms. The van der Waals surface area contributed by atoms with Crippen LogP contribution in [0.3, 0.4) is 0 Å². The van der Waals surface area contributed by atoms with Crippen LogP contribution in [0.25, 0.3) is 11.4 Å². The second-order valence-electron chi connectivity index (χ2n) is 6.61. The predicted octanol–water partition coefficient (Wildman–Crippen LogP) is 1.65. The first-order chi connectivity index (χ1) is 12.8. The zero-order valence-corrected chi connectivity index (χ0v) is 14.1. The quantitative estimate of drug-likeness (QED) is 0.759. The van der Waals surface area contributed by atoms with Gasteiger partial charge >= 0.3 is 0 Å². The molecule has 1 saturated heterocycles. The Kier molecular flexibility index (Phi) is 3.56. The van der Waals surface area contributed by atoms with Crippen LogP contribution in [-0.4, -0.2) is 55.0 Å². The molecule has 1 fully saturated rings. The molecule has 3 aromatic rings. The lowest BCUT2D eigenvalue weighted by Crippen LogP contribution is -2.50. The minimum Gasteiger partial charge on any atom is -0.370 e. The maximum Gasteiger partial charge on any atom is 0.254 e. The number of amides is 1. The number of rotatable bonds is 2. The van der Waals surface area contributed by atoms with Crippen molar-refractivity contribution in [1.82, 2.24) is 29.9 Å². The molecule has 0 unspecified atom stereocenters. The van der Waals surface area contributed by atoms with Crippen molar-refractivity contribution < 1.29 is 9.53 Å². The Morgan fingerprint density at radius 3 is 3.12 bits per heavy atom. The van der Waals surface area contributed by atoms with E-state index < -0.39 is 0 Å². The van der Waals surface area contributed by atoms with Gasteiger partial charge in [0.15, 0.2) is 0 Å². The molecule has 132 valence electrons. The van der Waals surface area contributed by atoms with Gasteiger partial charge in [-0.05, 0) is 12.5 Å². The van der Waals surface area contributed by atoms with E-state index in [9.17, 15) is 4.79 Å². The molecule has 2 aliphatic heterocycles. The van der Waals surface area contributed by atoms with Crippen molar-refractivity contribution in [2.45, 2.75) is 25.2 Å². The second kappa shape index (κ2) is 6.06. The van der Waals surface area contributed by atoms with Gasteiger partial charge in [-0.3, -0.25) is 4.79 Å². The number of fused-ring (bicyclic) bond motifs is 3. The minimum absolute atomic E-state index is 0.00249. The number of aromatic nitrogens is 5. The first-order valence-corrected chi connectivity index (χ1v) is 8.70. The molecular formula is C18H18N6O2. The van der Waals surface area contributed by atoms with Crippen molar-refractivity contribution >= 4 is 5.91 Å². The molecule has 2 aliphatic rings. The van der Waals surface area contributed by atoms with E-state index in [1.165, 1.54) is 0 Å². The van der Waals surface area contributed by atoms with E-state index in [4.69, 9.17) is 4.74 Å². The molecule has 0 aliphatic carbocycles. The molecular weight excluding hydrogens is 332 g/mol. The zero-order valence-electron chi connectivity index (χ0n) is 14.1. The number of benzene rings is 1. The van der Waals surface area contributed by atoms with Crippen LogP contribution in [0.15, 0.2) is 42.9 Å². The molecule has 5 rings (SSSR count). The number of hydrogen-bond acceptors (Lipinski definition) is 5. The molecule has 2 atom stereocenters. The fraction of sp³-hybridized carbons (Fsp3) is 0.333. The number of carbonyl (C=O) groups is 1. The lowest BCUT2D eigenvalue weighted by molar-refractivity contribution is -0.0605. The molecule has 8 heteroatoms. The van der Waals surface area contributed by atoms with Gasteiger partial charge in [0.05, 0.1) is 36.2 Å². The summed E-state index contributed by atoms with van der Waals surface area (Å²) in [5.74, 6) is 0.700. The van der Waals surface area contributed by atoms with Crippen LogP contribution in [0.5, 0.6) is 0 Å². The Hall–Kier alpha value is -3.00. The topological polar surface area (TPSA) is 88.9 Å². The summed E-state index contributed by atoms with van der Waals surface area (Å²) in [6.07, 6.45) is 6.04. The summed E-state index contributed by atoms with van der Waals surface area (Å²) in [6.45, 7) is 1.76. The number of carbonyl (C=O) groups excluding carboxylic acids is 1. The first kappa shape index (κ1) is 15.3. The van der Waals surface area contributed by atoms with Gasteiger partial charge < -0.3 is 14.6 Å². The van der Waals surface area contributed by atoms with E-state index in [-0.39, 0.29) is 18.1 Å². The van der Waals surface area contributed by atoms with E-state index in [0.717, 1.165) is 17.7 Å². The molecule has 4 heterocycles. The summed E-state index contributed by atoms with van der Waals surface area (Å²) in [4.78, 5) is 22.5. The van der Waals surface area contributed by atoms with Crippen molar-refractivity contribution in [3.05, 3.63) is 54.1 Å². The molecule has 1 amide bonds. The third kappa shape index (κ3) is 2.41. The van der Waals surface area contributed by atoms with Crippen molar-refractivity contribution in [3.8, 4) is 11.4 Å². The molecule has 2 aromatic heterocycles. The summed E-state index contributed by atoms with van der Waals surface area (Å²) in [6, 6.07) is 7.57. The van der Waals surface area contributed by atoms with Crippen molar-refractivity contribution in [2.24, 2.45) is 0 Å². The van der Waals surface area contributed by atoms with Crippen LogP contribution in [-0.2, 0) is 11.3 Å². The Bertz CT molecular complexity index is 935. The lowest BCUT2D eigenvalue weighted by Gasteiger charge is -2.41. The minimum atomic E-state index is 0.00249. The van der Waals surface area contributed by atoms with E-state index in [1.54, 1.807) is 18.6 Å². The number of aromatic amines is 1. The number of imidazole rings is 1. The van der Waals surface area contributed by atoms with E-state index >= 15 is 0 Å². The van der Waals surface area contributed by atoms with E-state index in [2.05, 4.69) is 20.3 Å². The first-order valence-electron chi connectivity index (χ1n) is 8.70. The van der Waals surface area contributed by atoms with Gasteiger partial charge in [-0.2, -0.15) is 0 Å². The van der Waals surface area contributed by atoms with Crippen molar-refractivity contribution in [3.63, 3.8) is 0 Å². The average Bonchev–Trinajstić information content (AvgIpc) is 3.38. The van der Waals surface area contributed by atoms with Crippen molar-refractivity contribution in [1.29, 1.82) is 0 Å². The maximum absolute atomic E-state index is 13.2. The summed E-state index contributed by atoms with van der Waals surface area (Å²) in [5.41, 5.74) is 2.42. The summed E-state index contributed by atoms with van der Waals surface area (Å²) in [5, 5.41) is 8.19. The Balaban J connectivity index is 1.45. The number of nitrogens with zero attached hydrogens (tertiary/aromatic N) is 5. The number of likely N-dealkylation sites (tertiary alicyclic amines) is 1. The van der Waals surface area contributed by atoms with Gasteiger partial charge in [-0.1, -0.05) is 23.4 Å². The molecule has 8 nitrogen and oxygen atoms in total. The number of nitrogens with one attached hydrogen (secondary N) is 1. The number of piperidine rings is 1. The highest BCUT2D eigenvalue weighted by Gasteiger charge is 2.38. The van der Waals surface area contributed by atoms with Crippen molar-refractivity contribution in [2.75, 3.05) is 13.1 Å². The number of ether oxygens (including phenoxy) is 1. The van der Waals surface area contributed by atoms with Gasteiger partial charge in [-0.15, -0.1) is 5.10 Å². The molecule has 1 N–H and O–H groups in total. The van der Waals surface area contributed by atoms with Gasteiger partial charge in [0.25, 0.3) is 5.91 Å². The SMILES string of the molecule is O=C(c1ccccc1-c1ncc[nH]1)N1CC[C@H]2OCc3cnnn3[C@@H]2C1. The smallest absolute Gasteiger partial charge is 0.254 e. The second-order valence-corrected chi connectivity index (χ2v) is 6.61. The number of H-pyrrole nitrogens is 1. The third-order valence-corrected chi connectivity index (χ3v) is 5.13. The molecule has 0 radical (unpaired) electrons. The van der Waals surface area contributed by atoms with Gasteiger partial charge in [0.2, 0.25) is 0 Å². The third-order valence-electron chi connectivity index (χ3n) is 5.13. The lowest BCUT2D eigenvalue weighted by atomic mass is 9.98. The van der Waals surface area contributed by atoms with Gasteiger partial charge in [0.1, 0.15) is 5.82 Å². The van der Waals surface area contributed by atoms with Crippen LogP contribution >= 0.6 is 0 Å². The standard InChI is InChI=1S/C18H18N6O2/c25-18(14-4-2-1-3-13(14)17-19-6-7-20-17)23-8-5-16-15(10-23)24-12(11-26-16)9-21-22-24/h1-4,6-7,9,15-16H,5,8,10-11H2,(H,19,20)/t15-,16-/m1/s1. The summed E-state index contributed by atoms with van der Waals surface area (Å²) < 4.78 is 7.84. The van der Waals surface area contributed by atoms with Crippen LogP contribution in [0.4, 0.5) is 0 Å². The largest absolute Gasteiger partial charge is 0.370 e. The van der Waals surface area contributed by atoms with E-state index in [0.29, 0.717) is 31.1 Å². The van der Waals surface area contributed by atoms with Crippen LogP contribution < -0.4 is 0 Å². The van der Waals surface area contributed by atoms with Crippen LogP contribution in [0, 0.1) is 0 Å². The van der Waals surface area contributed by atoms with Crippen LogP contribution in [0.1, 0.15) is 28.5 Å². The molecule has 0 spiro atoms. The molecule has 0 saturated carbocycles. The number of hydrogen-bond donors (Lipinski definition) is 1. The fourth-order valence-electron chi connectivity index (χ4n) is 3.82. The monoisotopic (exact) mass is 350 g/mol. The molecule has 1 aromatic carbocycles. The van der Waals surface area contributed by atoms with Crippen LogP contribution in [0.2, 0.25) is 0 Å². The zero-order chi connectivity index (χ0) is 17.5. The Morgan fingerprint density at radius 1 is 1.31 bits per heavy atom. The summed E-state index contributed by atoms with van der Waals surface area (Å²) >= 11 is 0. The van der Waals surface area contributed by atoms with Gasteiger partial charge in [-0.25, -0.2) is 9.67 Å². The normalized spacial score (nSPS) is 21.9. The highest BCUT2D eigenvalue weighted by Crippen LogP contribution is 2.31. The molecule has 0 bridgehead atoms. The highest BCUT2D eigenvalue weighted by molar-refractivity contribution is 6.00. The Labute approximate surface area is 149 Å². The van der Waals surface area contributed by atoms with E-state index in [1.807, 2.05) is 33.8 Å². The Morgan fingerprint density at radius 2 is 2.23 bits per heavy atom. The average molecular weight is 350 g/mol. The summed E-state index contributed by atoms with van der Waals surface area (Å²) in [7, 11) is 0. The highest BCUT2D eigenvalue weighted by atomic mass is 16.5. The maximum atomic E-state index is 13.2.